The molecule has 0 radical (unpaired) electrons. The van der Waals surface area contributed by atoms with Crippen LogP contribution in [0.1, 0.15) is 0 Å². The molecular formula is C13H26O7. The Morgan fingerprint density at radius 2 is 1.00 bits per heavy atom. The fourth-order valence-corrected chi connectivity index (χ4v) is 1.52. The van der Waals surface area contributed by atoms with Gasteiger partial charge in [0.1, 0.15) is 6.10 Å². The van der Waals surface area contributed by atoms with Gasteiger partial charge in [0.2, 0.25) is 0 Å². The van der Waals surface area contributed by atoms with Gasteiger partial charge >= 0.3 is 0 Å². The highest BCUT2D eigenvalue weighted by Gasteiger charge is 2.07. The van der Waals surface area contributed by atoms with Crippen molar-refractivity contribution < 1.29 is 33.5 Å². The third kappa shape index (κ3) is 10.5. The van der Waals surface area contributed by atoms with Crippen LogP contribution in [-0.2, 0) is 28.4 Å². The summed E-state index contributed by atoms with van der Waals surface area (Å²) >= 11 is 0. The standard InChI is InChI=1S/C13H26O7/c14-11-13-12-19-8-7-17-4-3-15-1-2-16-5-6-18-9-10-20-13/h13-14H,1-12H2. The van der Waals surface area contributed by atoms with E-state index in [0.717, 1.165) is 0 Å². The molecule has 1 aliphatic rings. The Hall–Kier alpha value is -0.280. The summed E-state index contributed by atoms with van der Waals surface area (Å²) in [5.74, 6) is 0. The lowest BCUT2D eigenvalue weighted by atomic mass is 10.4. The van der Waals surface area contributed by atoms with Gasteiger partial charge < -0.3 is 33.5 Å². The van der Waals surface area contributed by atoms with Crippen molar-refractivity contribution in [3.63, 3.8) is 0 Å². The molecule has 1 rings (SSSR count). The first-order chi connectivity index (χ1) is 9.93. The van der Waals surface area contributed by atoms with Crippen LogP contribution in [0.25, 0.3) is 0 Å². The largest absolute Gasteiger partial charge is 0.394 e. The molecule has 0 aromatic carbocycles. The van der Waals surface area contributed by atoms with Crippen molar-refractivity contribution in [3.8, 4) is 0 Å². The number of ether oxygens (including phenoxy) is 6. The Morgan fingerprint density at radius 1 is 0.600 bits per heavy atom. The van der Waals surface area contributed by atoms with Crippen molar-refractivity contribution in [2.24, 2.45) is 0 Å². The molecule has 7 nitrogen and oxygen atoms in total. The Bertz CT molecular complexity index is 185. The van der Waals surface area contributed by atoms with E-state index < -0.39 is 0 Å². The number of hydrogen-bond donors (Lipinski definition) is 1. The van der Waals surface area contributed by atoms with Crippen LogP contribution in [0.3, 0.4) is 0 Å². The predicted octanol–water partition coefficient (Wildman–Crippen LogP) is -0.539. The normalized spacial score (nSPS) is 26.6. The molecule has 1 unspecified atom stereocenters. The van der Waals surface area contributed by atoms with Crippen LogP contribution in [0.4, 0.5) is 0 Å². The van der Waals surface area contributed by atoms with Gasteiger partial charge in [0.25, 0.3) is 0 Å². The van der Waals surface area contributed by atoms with Crippen LogP contribution in [0, 0.1) is 0 Å². The summed E-state index contributed by atoms with van der Waals surface area (Å²) in [5.41, 5.74) is 0. The maximum absolute atomic E-state index is 9.13. The summed E-state index contributed by atoms with van der Waals surface area (Å²) in [6, 6.07) is 0. The Kier molecular flexibility index (Phi) is 12.2. The maximum atomic E-state index is 9.13. The Morgan fingerprint density at radius 3 is 1.45 bits per heavy atom. The minimum absolute atomic E-state index is 0.0716. The fourth-order valence-electron chi connectivity index (χ4n) is 1.52. The lowest BCUT2D eigenvalue weighted by Gasteiger charge is -2.16. The minimum Gasteiger partial charge on any atom is -0.394 e. The lowest BCUT2D eigenvalue weighted by Crippen LogP contribution is -2.27. The molecule has 120 valence electrons. The minimum atomic E-state index is -0.322. The summed E-state index contributed by atoms with van der Waals surface area (Å²) in [6.07, 6.45) is -0.322. The first-order valence-corrected chi connectivity index (χ1v) is 7.04. The summed E-state index contributed by atoms with van der Waals surface area (Å²) in [5, 5.41) is 9.13. The van der Waals surface area contributed by atoms with Crippen molar-refractivity contribution >= 4 is 0 Å². The number of aliphatic hydroxyl groups excluding tert-OH is 1. The zero-order valence-corrected chi connectivity index (χ0v) is 12.0. The van der Waals surface area contributed by atoms with E-state index in [9.17, 15) is 0 Å². The summed E-state index contributed by atoms with van der Waals surface area (Å²) < 4.78 is 32.1. The van der Waals surface area contributed by atoms with Gasteiger partial charge in [-0.05, 0) is 0 Å². The molecule has 0 bridgehead atoms. The van der Waals surface area contributed by atoms with Crippen molar-refractivity contribution in [1.29, 1.82) is 0 Å². The Labute approximate surface area is 120 Å². The van der Waals surface area contributed by atoms with Crippen LogP contribution in [0.5, 0.6) is 0 Å². The van der Waals surface area contributed by atoms with Crippen molar-refractivity contribution in [1.82, 2.24) is 0 Å². The van der Waals surface area contributed by atoms with Crippen molar-refractivity contribution in [3.05, 3.63) is 0 Å². The summed E-state index contributed by atoms with van der Waals surface area (Å²) in [7, 11) is 0. The smallest absolute Gasteiger partial charge is 0.104 e. The highest BCUT2D eigenvalue weighted by Crippen LogP contribution is 1.94. The van der Waals surface area contributed by atoms with Crippen LogP contribution < -0.4 is 0 Å². The average Bonchev–Trinajstić information content (AvgIpc) is 2.47. The third-order valence-electron chi connectivity index (χ3n) is 2.58. The van der Waals surface area contributed by atoms with Gasteiger partial charge in [-0.2, -0.15) is 0 Å². The van der Waals surface area contributed by atoms with Gasteiger partial charge in [-0.25, -0.2) is 0 Å². The molecule has 1 aliphatic heterocycles. The maximum Gasteiger partial charge on any atom is 0.104 e. The number of aliphatic hydroxyl groups is 1. The molecule has 0 aromatic heterocycles. The van der Waals surface area contributed by atoms with Gasteiger partial charge in [0.05, 0.1) is 79.3 Å². The van der Waals surface area contributed by atoms with Gasteiger partial charge in [0, 0.05) is 0 Å². The molecule has 0 aliphatic carbocycles. The highest BCUT2D eigenvalue weighted by atomic mass is 16.6. The van der Waals surface area contributed by atoms with Crippen molar-refractivity contribution in [2.75, 3.05) is 79.3 Å². The molecule has 0 aromatic rings. The molecule has 0 spiro atoms. The van der Waals surface area contributed by atoms with E-state index in [1.54, 1.807) is 0 Å². The molecule has 7 heteroatoms. The quantitative estimate of drug-likeness (QED) is 0.696. The van der Waals surface area contributed by atoms with Crippen LogP contribution in [-0.4, -0.2) is 90.5 Å². The summed E-state index contributed by atoms with van der Waals surface area (Å²) in [6.45, 7) is 5.38. The SMILES string of the molecule is OCC1COCCOCCOCCOCCOCCO1. The molecule has 0 saturated carbocycles. The van der Waals surface area contributed by atoms with Crippen LogP contribution in [0.2, 0.25) is 0 Å². The van der Waals surface area contributed by atoms with E-state index in [2.05, 4.69) is 0 Å². The molecular weight excluding hydrogens is 268 g/mol. The topological polar surface area (TPSA) is 75.6 Å². The molecule has 1 fully saturated rings. The molecule has 1 atom stereocenters. The second kappa shape index (κ2) is 13.7. The van der Waals surface area contributed by atoms with Gasteiger partial charge in [-0.3, -0.25) is 0 Å². The fraction of sp³-hybridized carbons (Fsp3) is 1.00. The zero-order chi connectivity index (χ0) is 14.3. The molecule has 1 heterocycles. The van der Waals surface area contributed by atoms with Crippen molar-refractivity contribution in [2.45, 2.75) is 6.10 Å². The first-order valence-electron chi connectivity index (χ1n) is 7.04. The van der Waals surface area contributed by atoms with E-state index in [1.165, 1.54) is 0 Å². The van der Waals surface area contributed by atoms with Gasteiger partial charge in [-0.15, -0.1) is 0 Å². The Balaban J connectivity index is 2.14. The van der Waals surface area contributed by atoms with Gasteiger partial charge in [0.15, 0.2) is 0 Å². The third-order valence-corrected chi connectivity index (χ3v) is 2.58. The van der Waals surface area contributed by atoms with E-state index in [0.29, 0.717) is 72.7 Å². The summed E-state index contributed by atoms with van der Waals surface area (Å²) in [4.78, 5) is 0. The number of rotatable bonds is 1. The number of hydrogen-bond acceptors (Lipinski definition) is 7. The highest BCUT2D eigenvalue weighted by molar-refractivity contribution is 4.53. The molecule has 1 N–H and O–H groups in total. The lowest BCUT2D eigenvalue weighted by molar-refractivity contribution is -0.0740. The van der Waals surface area contributed by atoms with Crippen LogP contribution >= 0.6 is 0 Å². The van der Waals surface area contributed by atoms with E-state index in [1.807, 2.05) is 0 Å². The molecule has 20 heavy (non-hydrogen) atoms. The molecule has 1 saturated heterocycles. The predicted molar refractivity (Wildman–Crippen MR) is 70.9 cm³/mol. The second-order valence-electron chi connectivity index (χ2n) is 4.20. The average molecular weight is 294 g/mol. The van der Waals surface area contributed by atoms with E-state index in [-0.39, 0.29) is 12.7 Å². The second-order valence-corrected chi connectivity index (χ2v) is 4.20. The van der Waals surface area contributed by atoms with Crippen LogP contribution in [0.15, 0.2) is 0 Å². The van der Waals surface area contributed by atoms with E-state index >= 15 is 0 Å². The molecule has 0 amide bonds. The van der Waals surface area contributed by atoms with Gasteiger partial charge in [-0.1, -0.05) is 0 Å². The monoisotopic (exact) mass is 294 g/mol. The zero-order valence-electron chi connectivity index (χ0n) is 12.0. The first kappa shape index (κ1) is 17.8. The van der Waals surface area contributed by atoms with E-state index in [4.69, 9.17) is 33.5 Å².